The van der Waals surface area contributed by atoms with Gasteiger partial charge >= 0.3 is 0 Å². The van der Waals surface area contributed by atoms with Gasteiger partial charge in [0, 0.05) is 31.7 Å². The lowest BCUT2D eigenvalue weighted by Crippen LogP contribution is -2.43. The molecule has 1 aliphatic rings. The number of aromatic amines is 1. The SMILES string of the molecule is CNC1CCN(C(=O)CCCc2c[nH]nn2)CC1. The van der Waals surface area contributed by atoms with E-state index in [1.807, 2.05) is 11.9 Å². The van der Waals surface area contributed by atoms with Crippen LogP contribution in [0.2, 0.25) is 0 Å². The van der Waals surface area contributed by atoms with E-state index in [4.69, 9.17) is 0 Å². The van der Waals surface area contributed by atoms with Gasteiger partial charge in [0.05, 0.1) is 5.69 Å². The lowest BCUT2D eigenvalue weighted by molar-refractivity contribution is -0.132. The molecule has 6 heteroatoms. The molecular weight excluding hydrogens is 230 g/mol. The van der Waals surface area contributed by atoms with Gasteiger partial charge in [-0.3, -0.25) is 9.89 Å². The van der Waals surface area contributed by atoms with Gasteiger partial charge in [0.1, 0.15) is 0 Å². The number of nitrogens with zero attached hydrogens (tertiary/aromatic N) is 3. The third kappa shape index (κ3) is 3.53. The fourth-order valence-corrected chi connectivity index (χ4v) is 2.34. The second kappa shape index (κ2) is 6.49. The van der Waals surface area contributed by atoms with Crippen molar-refractivity contribution in [2.75, 3.05) is 20.1 Å². The van der Waals surface area contributed by atoms with Crippen molar-refractivity contribution in [1.29, 1.82) is 0 Å². The Morgan fingerprint density at radius 3 is 2.94 bits per heavy atom. The van der Waals surface area contributed by atoms with Crippen LogP contribution in [0.15, 0.2) is 6.20 Å². The molecule has 1 aromatic heterocycles. The van der Waals surface area contributed by atoms with Crippen LogP contribution in [0.25, 0.3) is 0 Å². The highest BCUT2D eigenvalue weighted by atomic mass is 16.2. The standard InChI is InChI=1S/C12H21N5O/c1-13-10-5-7-17(8-6-10)12(18)4-2-3-11-9-14-16-15-11/h9-10,13H,2-8H2,1H3,(H,14,15,16). The second-order valence-electron chi connectivity index (χ2n) is 4.76. The van der Waals surface area contributed by atoms with Crippen molar-refractivity contribution in [2.24, 2.45) is 0 Å². The van der Waals surface area contributed by atoms with Crippen LogP contribution in [-0.2, 0) is 11.2 Å². The Morgan fingerprint density at radius 2 is 2.33 bits per heavy atom. The van der Waals surface area contributed by atoms with Gasteiger partial charge in [-0.1, -0.05) is 5.21 Å². The maximum absolute atomic E-state index is 12.0. The molecule has 6 nitrogen and oxygen atoms in total. The minimum absolute atomic E-state index is 0.271. The molecule has 100 valence electrons. The fourth-order valence-electron chi connectivity index (χ4n) is 2.34. The van der Waals surface area contributed by atoms with E-state index in [0.29, 0.717) is 12.5 Å². The predicted molar refractivity (Wildman–Crippen MR) is 68.0 cm³/mol. The summed E-state index contributed by atoms with van der Waals surface area (Å²) >= 11 is 0. The van der Waals surface area contributed by atoms with Crippen LogP contribution in [0.5, 0.6) is 0 Å². The van der Waals surface area contributed by atoms with E-state index in [1.165, 1.54) is 0 Å². The normalized spacial score (nSPS) is 17.1. The van der Waals surface area contributed by atoms with Crippen LogP contribution < -0.4 is 5.32 Å². The highest BCUT2D eigenvalue weighted by molar-refractivity contribution is 5.76. The number of rotatable bonds is 5. The van der Waals surface area contributed by atoms with E-state index in [1.54, 1.807) is 6.20 Å². The maximum atomic E-state index is 12.0. The molecule has 2 heterocycles. The minimum Gasteiger partial charge on any atom is -0.343 e. The lowest BCUT2D eigenvalue weighted by atomic mass is 10.0. The van der Waals surface area contributed by atoms with Crippen molar-refractivity contribution in [3.05, 3.63) is 11.9 Å². The van der Waals surface area contributed by atoms with Gasteiger partial charge in [0.25, 0.3) is 0 Å². The molecule has 0 unspecified atom stereocenters. The summed E-state index contributed by atoms with van der Waals surface area (Å²) in [7, 11) is 1.99. The van der Waals surface area contributed by atoms with Crippen LogP contribution >= 0.6 is 0 Å². The summed E-state index contributed by atoms with van der Waals surface area (Å²) in [6.07, 6.45) is 6.17. The van der Waals surface area contributed by atoms with Crippen LogP contribution in [-0.4, -0.2) is 52.4 Å². The minimum atomic E-state index is 0.271. The quantitative estimate of drug-likeness (QED) is 0.791. The molecule has 0 atom stereocenters. The topological polar surface area (TPSA) is 73.9 Å². The molecule has 1 aromatic rings. The monoisotopic (exact) mass is 251 g/mol. The number of hydrogen-bond acceptors (Lipinski definition) is 4. The number of likely N-dealkylation sites (tertiary alicyclic amines) is 1. The zero-order valence-electron chi connectivity index (χ0n) is 10.9. The lowest BCUT2D eigenvalue weighted by Gasteiger charge is -2.31. The largest absolute Gasteiger partial charge is 0.343 e. The molecule has 1 aliphatic heterocycles. The molecule has 0 aliphatic carbocycles. The summed E-state index contributed by atoms with van der Waals surface area (Å²) in [5.41, 5.74) is 0.927. The first-order chi connectivity index (χ1) is 8.79. The molecule has 18 heavy (non-hydrogen) atoms. The Kier molecular flexibility index (Phi) is 4.69. The first-order valence-corrected chi connectivity index (χ1v) is 6.60. The Labute approximate surface area is 107 Å². The smallest absolute Gasteiger partial charge is 0.222 e. The molecule has 0 spiro atoms. The van der Waals surface area contributed by atoms with Crippen molar-refractivity contribution >= 4 is 5.91 Å². The van der Waals surface area contributed by atoms with Gasteiger partial charge in [-0.05, 0) is 32.7 Å². The summed E-state index contributed by atoms with van der Waals surface area (Å²) in [6.45, 7) is 1.77. The highest BCUT2D eigenvalue weighted by Gasteiger charge is 2.21. The Morgan fingerprint density at radius 1 is 1.56 bits per heavy atom. The Hall–Kier alpha value is -1.43. The van der Waals surface area contributed by atoms with E-state index in [-0.39, 0.29) is 5.91 Å². The number of aryl methyl sites for hydroxylation is 1. The van der Waals surface area contributed by atoms with Crippen molar-refractivity contribution in [3.8, 4) is 0 Å². The average Bonchev–Trinajstić information content (AvgIpc) is 2.92. The van der Waals surface area contributed by atoms with Crippen molar-refractivity contribution < 1.29 is 4.79 Å². The summed E-state index contributed by atoms with van der Waals surface area (Å²) < 4.78 is 0. The van der Waals surface area contributed by atoms with Crippen molar-refractivity contribution in [3.63, 3.8) is 0 Å². The second-order valence-corrected chi connectivity index (χ2v) is 4.76. The summed E-state index contributed by atoms with van der Waals surface area (Å²) in [4.78, 5) is 14.0. The predicted octanol–water partition coefficient (Wildman–Crippen LogP) is 0.338. The van der Waals surface area contributed by atoms with E-state index >= 15 is 0 Å². The van der Waals surface area contributed by atoms with E-state index < -0.39 is 0 Å². The number of carbonyl (C=O) groups is 1. The molecule has 0 radical (unpaired) electrons. The van der Waals surface area contributed by atoms with Gasteiger partial charge in [0.15, 0.2) is 0 Å². The zero-order valence-corrected chi connectivity index (χ0v) is 10.9. The molecule has 1 fully saturated rings. The Bertz CT molecular complexity index is 357. The van der Waals surface area contributed by atoms with Gasteiger partial charge in [-0.15, -0.1) is 5.10 Å². The Balaban J connectivity index is 1.66. The number of nitrogens with one attached hydrogen (secondary N) is 2. The third-order valence-corrected chi connectivity index (χ3v) is 3.55. The number of amides is 1. The van der Waals surface area contributed by atoms with Gasteiger partial charge in [-0.2, -0.15) is 0 Å². The van der Waals surface area contributed by atoms with Gasteiger partial charge in [0.2, 0.25) is 5.91 Å². The molecule has 1 saturated heterocycles. The van der Waals surface area contributed by atoms with E-state index in [0.717, 1.165) is 44.5 Å². The summed E-state index contributed by atoms with van der Waals surface area (Å²) in [5, 5.41) is 13.5. The fraction of sp³-hybridized carbons (Fsp3) is 0.750. The van der Waals surface area contributed by atoms with Crippen molar-refractivity contribution in [2.45, 2.75) is 38.1 Å². The average molecular weight is 251 g/mol. The molecule has 2 N–H and O–H groups in total. The molecule has 0 saturated carbocycles. The van der Waals surface area contributed by atoms with Gasteiger partial charge < -0.3 is 10.2 Å². The number of hydrogen-bond donors (Lipinski definition) is 2. The maximum Gasteiger partial charge on any atom is 0.222 e. The van der Waals surface area contributed by atoms with Crippen LogP contribution in [0.4, 0.5) is 0 Å². The molecule has 1 amide bonds. The van der Waals surface area contributed by atoms with Gasteiger partial charge in [-0.25, -0.2) is 0 Å². The molecular formula is C12H21N5O. The zero-order chi connectivity index (χ0) is 12.8. The number of piperidine rings is 1. The first-order valence-electron chi connectivity index (χ1n) is 6.60. The number of carbonyl (C=O) groups excluding carboxylic acids is 1. The molecule has 0 bridgehead atoms. The third-order valence-electron chi connectivity index (χ3n) is 3.55. The van der Waals surface area contributed by atoms with Crippen LogP contribution in [0.3, 0.4) is 0 Å². The van der Waals surface area contributed by atoms with E-state index in [2.05, 4.69) is 20.7 Å². The summed E-state index contributed by atoms with van der Waals surface area (Å²) in [5.74, 6) is 0.271. The first kappa shape index (κ1) is 13.0. The van der Waals surface area contributed by atoms with Crippen LogP contribution in [0, 0.1) is 0 Å². The molecule has 2 rings (SSSR count). The highest BCUT2D eigenvalue weighted by Crippen LogP contribution is 2.12. The summed E-state index contributed by atoms with van der Waals surface area (Å²) in [6, 6.07) is 0.573. The number of H-pyrrole nitrogens is 1. The number of aromatic nitrogens is 3. The van der Waals surface area contributed by atoms with Crippen molar-refractivity contribution in [1.82, 2.24) is 25.6 Å². The van der Waals surface area contributed by atoms with E-state index in [9.17, 15) is 4.79 Å². The molecule has 0 aromatic carbocycles. The van der Waals surface area contributed by atoms with Crippen LogP contribution in [0.1, 0.15) is 31.4 Å².